The molecule has 0 amide bonds. The number of allylic oxidation sites excluding steroid dienone is 2. The zero-order valence-electron chi connectivity index (χ0n) is 25.5. The number of benzene rings is 1. The third-order valence-corrected chi connectivity index (χ3v) is 11.1. The minimum Gasteiger partial charge on any atom is -0.393 e. The van der Waals surface area contributed by atoms with Crippen LogP contribution in [0.3, 0.4) is 0 Å². The summed E-state index contributed by atoms with van der Waals surface area (Å²) in [4.78, 5) is 0. The lowest BCUT2D eigenvalue weighted by molar-refractivity contribution is -0.312. The summed E-state index contributed by atoms with van der Waals surface area (Å²) < 4.78 is 13.0. The Bertz CT molecular complexity index is 1130. The highest BCUT2D eigenvalue weighted by Gasteiger charge is 2.57. The minimum atomic E-state index is -0.387. The van der Waals surface area contributed by atoms with Gasteiger partial charge in [0.05, 0.1) is 25.1 Å². The molecule has 40 heavy (non-hydrogen) atoms. The van der Waals surface area contributed by atoms with Gasteiger partial charge >= 0.3 is 0 Å². The van der Waals surface area contributed by atoms with Crippen LogP contribution in [0.25, 0.3) is 0 Å². The molecule has 4 fully saturated rings. The van der Waals surface area contributed by atoms with Gasteiger partial charge in [0.2, 0.25) is 0 Å². The van der Waals surface area contributed by atoms with Crippen LogP contribution in [0.15, 0.2) is 47.8 Å². The van der Waals surface area contributed by atoms with E-state index in [2.05, 4.69) is 76.1 Å². The third kappa shape index (κ3) is 5.16. The SMILES string of the molecule is C=C(NCc1ccc(C2CC3(C)C(O)CCC3C3CCC4CC5(CCC4=C23)OCC(C)(C)CO5)cc1)NC(C)C. The van der Waals surface area contributed by atoms with Crippen molar-refractivity contribution in [1.82, 2.24) is 10.6 Å². The average Bonchev–Trinajstić information content (AvgIpc) is 3.22. The number of fused-ring (bicyclic) bond motifs is 4. The Morgan fingerprint density at radius 2 is 1.75 bits per heavy atom. The van der Waals surface area contributed by atoms with Crippen LogP contribution in [0.2, 0.25) is 0 Å². The van der Waals surface area contributed by atoms with Crippen molar-refractivity contribution in [3.63, 3.8) is 0 Å². The molecule has 6 rings (SSSR count). The Labute approximate surface area is 242 Å². The first-order chi connectivity index (χ1) is 19.0. The lowest BCUT2D eigenvalue weighted by atomic mass is 9.52. The molecule has 3 saturated carbocycles. The molecule has 6 unspecified atom stereocenters. The van der Waals surface area contributed by atoms with Crippen molar-refractivity contribution in [2.45, 2.75) is 116 Å². The zero-order valence-corrected chi connectivity index (χ0v) is 25.5. The van der Waals surface area contributed by atoms with Gasteiger partial charge in [-0.3, -0.25) is 0 Å². The number of aliphatic hydroxyl groups excluding tert-OH is 1. The smallest absolute Gasteiger partial charge is 0.169 e. The van der Waals surface area contributed by atoms with Crippen molar-refractivity contribution < 1.29 is 14.6 Å². The van der Waals surface area contributed by atoms with Gasteiger partial charge in [0.1, 0.15) is 0 Å². The van der Waals surface area contributed by atoms with Crippen molar-refractivity contribution in [2.75, 3.05) is 13.2 Å². The topological polar surface area (TPSA) is 62.8 Å². The summed E-state index contributed by atoms with van der Waals surface area (Å²) in [5, 5.41) is 18.0. The van der Waals surface area contributed by atoms with Gasteiger partial charge in [-0.1, -0.05) is 62.8 Å². The molecule has 0 aromatic heterocycles. The molecular formula is C35H52N2O3. The Morgan fingerprint density at radius 3 is 2.45 bits per heavy atom. The Hall–Kier alpha value is -1.82. The van der Waals surface area contributed by atoms with E-state index in [1.165, 1.54) is 30.4 Å². The average molecular weight is 549 g/mol. The molecule has 3 N–H and O–H groups in total. The maximum absolute atomic E-state index is 11.2. The van der Waals surface area contributed by atoms with Crippen LogP contribution in [-0.4, -0.2) is 36.3 Å². The lowest BCUT2D eigenvalue weighted by Crippen LogP contribution is -2.52. The molecule has 1 aromatic rings. The first-order valence-corrected chi connectivity index (χ1v) is 16.0. The van der Waals surface area contributed by atoms with Crippen molar-refractivity contribution >= 4 is 0 Å². The molecule has 0 bridgehead atoms. The number of hydrogen-bond donors (Lipinski definition) is 3. The van der Waals surface area contributed by atoms with E-state index in [1.807, 2.05) is 0 Å². The molecule has 1 saturated heterocycles. The largest absolute Gasteiger partial charge is 0.393 e. The standard InChI is InChI=1S/C35H52N2O3/c1-22(2)37-23(3)36-19-24-7-9-25(10-8-24)29-18-34(6)30(13-14-31(34)38)28-12-11-26-17-35(16-15-27(26)32(28)29)39-20-33(4,5)21-40-35/h7-10,22,26,28-31,36-38H,3,11-21H2,1-2,4-6H3. The molecule has 6 atom stereocenters. The molecule has 1 spiro atoms. The van der Waals surface area contributed by atoms with Gasteiger partial charge in [-0.25, -0.2) is 0 Å². The van der Waals surface area contributed by atoms with Crippen LogP contribution in [-0.2, 0) is 16.0 Å². The highest BCUT2D eigenvalue weighted by molar-refractivity contribution is 5.41. The number of nitrogens with one attached hydrogen (secondary N) is 2. The number of hydrogen-bond acceptors (Lipinski definition) is 5. The van der Waals surface area contributed by atoms with Gasteiger partial charge in [-0.05, 0) is 86.7 Å². The van der Waals surface area contributed by atoms with E-state index in [0.717, 1.165) is 57.7 Å². The van der Waals surface area contributed by atoms with Gasteiger partial charge in [0.25, 0.3) is 0 Å². The second-order valence-corrected chi connectivity index (χ2v) is 15.1. The Kier molecular flexibility index (Phi) is 7.41. The number of aliphatic hydroxyl groups is 1. The van der Waals surface area contributed by atoms with Crippen LogP contribution < -0.4 is 10.6 Å². The molecule has 220 valence electrons. The van der Waals surface area contributed by atoms with Gasteiger partial charge < -0.3 is 25.2 Å². The second-order valence-electron chi connectivity index (χ2n) is 15.1. The first-order valence-electron chi connectivity index (χ1n) is 16.0. The molecule has 1 aliphatic heterocycles. The number of ether oxygens (including phenoxy) is 2. The summed E-state index contributed by atoms with van der Waals surface area (Å²) in [6, 6.07) is 9.65. The maximum Gasteiger partial charge on any atom is 0.169 e. The summed E-state index contributed by atoms with van der Waals surface area (Å²) in [6.45, 7) is 17.6. The molecule has 4 aliphatic carbocycles. The highest BCUT2D eigenvalue weighted by Crippen LogP contribution is 2.65. The van der Waals surface area contributed by atoms with E-state index >= 15 is 0 Å². The number of rotatable bonds is 6. The minimum absolute atomic E-state index is 0.00375. The van der Waals surface area contributed by atoms with Crippen molar-refractivity contribution in [2.24, 2.45) is 28.6 Å². The normalized spacial score (nSPS) is 36.1. The fourth-order valence-corrected chi connectivity index (χ4v) is 8.98. The van der Waals surface area contributed by atoms with E-state index in [-0.39, 0.29) is 22.7 Å². The molecule has 5 aliphatic rings. The summed E-state index contributed by atoms with van der Waals surface area (Å²) >= 11 is 0. The van der Waals surface area contributed by atoms with E-state index in [4.69, 9.17) is 9.47 Å². The molecule has 5 nitrogen and oxygen atoms in total. The van der Waals surface area contributed by atoms with Crippen molar-refractivity contribution in [3.05, 3.63) is 58.9 Å². The van der Waals surface area contributed by atoms with E-state index in [9.17, 15) is 5.11 Å². The Morgan fingerprint density at radius 1 is 1.02 bits per heavy atom. The monoisotopic (exact) mass is 548 g/mol. The fraction of sp³-hybridized carbons (Fsp3) is 0.714. The van der Waals surface area contributed by atoms with Crippen LogP contribution in [0.1, 0.15) is 103 Å². The van der Waals surface area contributed by atoms with Crippen LogP contribution in [0, 0.1) is 28.6 Å². The quantitative estimate of drug-likeness (QED) is 0.342. The van der Waals surface area contributed by atoms with Gasteiger partial charge in [0, 0.05) is 36.8 Å². The zero-order chi connectivity index (χ0) is 28.3. The molecule has 1 heterocycles. The molecular weight excluding hydrogens is 496 g/mol. The van der Waals surface area contributed by atoms with Gasteiger partial charge in [-0.15, -0.1) is 0 Å². The van der Waals surface area contributed by atoms with Gasteiger partial charge in [-0.2, -0.15) is 0 Å². The fourth-order valence-electron chi connectivity index (χ4n) is 8.98. The van der Waals surface area contributed by atoms with Crippen molar-refractivity contribution in [3.8, 4) is 0 Å². The first kappa shape index (κ1) is 28.3. The van der Waals surface area contributed by atoms with E-state index in [0.29, 0.717) is 29.7 Å². The molecule has 5 heteroatoms. The Balaban J connectivity index is 1.28. The van der Waals surface area contributed by atoms with Crippen molar-refractivity contribution in [1.29, 1.82) is 0 Å². The van der Waals surface area contributed by atoms with Gasteiger partial charge in [0.15, 0.2) is 5.79 Å². The highest BCUT2D eigenvalue weighted by atomic mass is 16.7. The van der Waals surface area contributed by atoms with Crippen LogP contribution in [0.5, 0.6) is 0 Å². The predicted octanol–water partition coefficient (Wildman–Crippen LogP) is 6.79. The summed E-state index contributed by atoms with van der Waals surface area (Å²) in [6.07, 6.45) is 8.53. The summed E-state index contributed by atoms with van der Waals surface area (Å²) in [5.41, 5.74) is 6.24. The lowest BCUT2D eigenvalue weighted by Gasteiger charge is -2.55. The van der Waals surface area contributed by atoms with Crippen LogP contribution in [0.4, 0.5) is 0 Å². The maximum atomic E-state index is 11.2. The van der Waals surface area contributed by atoms with Crippen LogP contribution >= 0.6 is 0 Å². The van der Waals surface area contributed by atoms with E-state index < -0.39 is 0 Å². The van der Waals surface area contributed by atoms with E-state index in [1.54, 1.807) is 11.1 Å². The summed E-state index contributed by atoms with van der Waals surface area (Å²) in [5.74, 6) is 2.62. The summed E-state index contributed by atoms with van der Waals surface area (Å²) in [7, 11) is 0. The third-order valence-electron chi connectivity index (χ3n) is 11.1. The molecule has 0 radical (unpaired) electrons. The molecule has 1 aromatic carbocycles. The second kappa shape index (κ2) is 10.5. The predicted molar refractivity (Wildman–Crippen MR) is 160 cm³/mol.